The number of carbonyl (C=O) groups is 1. The molecule has 0 radical (unpaired) electrons. The molecule has 0 saturated carbocycles. The lowest BCUT2D eigenvalue weighted by Gasteiger charge is -2.34. The first-order valence-corrected chi connectivity index (χ1v) is 10.6. The molecular weight excluding hydrogens is 346 g/mol. The Balaban J connectivity index is 1.59. The highest BCUT2D eigenvalue weighted by atomic mass is 32.2. The number of rotatable bonds is 6. The zero-order chi connectivity index (χ0) is 17.9. The van der Waals surface area contributed by atoms with E-state index in [1.165, 1.54) is 0 Å². The van der Waals surface area contributed by atoms with Gasteiger partial charge in [-0.3, -0.25) is 4.79 Å². The molecule has 0 bridgehead atoms. The zero-order valence-corrected chi connectivity index (χ0v) is 15.3. The molecule has 9 heteroatoms. The Labute approximate surface area is 148 Å². The van der Waals surface area contributed by atoms with Crippen molar-refractivity contribution in [3.63, 3.8) is 0 Å². The first-order valence-electron chi connectivity index (χ1n) is 8.54. The van der Waals surface area contributed by atoms with Gasteiger partial charge in [-0.25, -0.2) is 13.4 Å². The Morgan fingerprint density at radius 1 is 1.36 bits per heavy atom. The third kappa shape index (κ3) is 5.02. The lowest BCUT2D eigenvalue weighted by molar-refractivity contribution is -0.130. The van der Waals surface area contributed by atoms with Gasteiger partial charge in [-0.2, -0.15) is 0 Å². The number of ether oxygens (including phenoxy) is 2. The van der Waals surface area contributed by atoms with Crippen molar-refractivity contribution in [2.24, 2.45) is 5.92 Å². The van der Waals surface area contributed by atoms with Crippen molar-refractivity contribution in [1.82, 2.24) is 14.5 Å². The van der Waals surface area contributed by atoms with E-state index in [4.69, 9.17) is 9.47 Å². The Bertz CT molecular complexity index is 696. The summed E-state index contributed by atoms with van der Waals surface area (Å²) in [5.41, 5.74) is 0.896. The molecule has 1 amide bonds. The minimum absolute atomic E-state index is 0.0467. The highest BCUT2D eigenvalue weighted by Gasteiger charge is 2.29. The standard InChI is InChI=1S/C16H25N3O5S/c1-25(21,22)11-16(20)18-7-14-6-17-12-19(14)15(8-18)10-24-9-13-2-4-23-5-3-13/h6,12-13,15H,2-5,7-11H2,1H3. The fourth-order valence-electron chi connectivity index (χ4n) is 3.31. The van der Waals surface area contributed by atoms with E-state index in [-0.39, 0.29) is 11.9 Å². The first kappa shape index (κ1) is 18.3. The van der Waals surface area contributed by atoms with Crippen molar-refractivity contribution in [1.29, 1.82) is 0 Å². The van der Waals surface area contributed by atoms with Gasteiger partial charge in [0.05, 0.1) is 31.2 Å². The monoisotopic (exact) mass is 371 g/mol. The van der Waals surface area contributed by atoms with Gasteiger partial charge in [0.2, 0.25) is 5.91 Å². The zero-order valence-electron chi connectivity index (χ0n) is 14.5. The van der Waals surface area contributed by atoms with Crippen molar-refractivity contribution in [3.05, 3.63) is 18.2 Å². The van der Waals surface area contributed by atoms with Gasteiger partial charge in [0, 0.05) is 38.8 Å². The van der Waals surface area contributed by atoms with Crippen molar-refractivity contribution < 1.29 is 22.7 Å². The van der Waals surface area contributed by atoms with Crippen LogP contribution in [0.15, 0.2) is 12.5 Å². The van der Waals surface area contributed by atoms with Crippen LogP contribution >= 0.6 is 0 Å². The van der Waals surface area contributed by atoms with E-state index in [0.717, 1.165) is 38.0 Å². The van der Waals surface area contributed by atoms with E-state index < -0.39 is 15.6 Å². The van der Waals surface area contributed by atoms with Crippen molar-refractivity contribution in [2.45, 2.75) is 25.4 Å². The molecule has 3 rings (SSSR count). The van der Waals surface area contributed by atoms with Crippen LogP contribution in [0.25, 0.3) is 0 Å². The van der Waals surface area contributed by atoms with Crippen LogP contribution in [0.1, 0.15) is 24.6 Å². The quantitative estimate of drug-likeness (QED) is 0.712. The predicted octanol–water partition coefficient (Wildman–Crippen LogP) is 0.254. The Hall–Kier alpha value is -1.45. The molecule has 1 aromatic heterocycles. The first-order chi connectivity index (χ1) is 11.9. The topological polar surface area (TPSA) is 90.7 Å². The molecular formula is C16H25N3O5S. The number of carbonyl (C=O) groups excluding carboxylic acids is 1. The number of fused-ring (bicyclic) bond motifs is 1. The minimum Gasteiger partial charge on any atom is -0.381 e. The number of imidazole rings is 1. The normalized spacial score (nSPS) is 22.0. The van der Waals surface area contributed by atoms with Crippen LogP contribution < -0.4 is 0 Å². The Morgan fingerprint density at radius 2 is 2.12 bits per heavy atom. The van der Waals surface area contributed by atoms with Gasteiger partial charge < -0.3 is 18.9 Å². The molecule has 8 nitrogen and oxygen atoms in total. The van der Waals surface area contributed by atoms with E-state index in [1.54, 1.807) is 17.4 Å². The van der Waals surface area contributed by atoms with Crippen LogP contribution in [0.5, 0.6) is 0 Å². The van der Waals surface area contributed by atoms with Crippen LogP contribution in [0.2, 0.25) is 0 Å². The van der Waals surface area contributed by atoms with Crippen molar-refractivity contribution in [3.8, 4) is 0 Å². The average Bonchev–Trinajstić information content (AvgIpc) is 3.03. The molecule has 0 aromatic carbocycles. The summed E-state index contributed by atoms with van der Waals surface area (Å²) >= 11 is 0. The van der Waals surface area contributed by atoms with Crippen LogP contribution in [0, 0.1) is 5.92 Å². The average molecular weight is 371 g/mol. The van der Waals surface area contributed by atoms with Crippen molar-refractivity contribution >= 4 is 15.7 Å². The number of sulfone groups is 1. The molecule has 1 unspecified atom stereocenters. The van der Waals surface area contributed by atoms with E-state index in [1.807, 2.05) is 4.57 Å². The number of hydrogen-bond donors (Lipinski definition) is 0. The Morgan fingerprint density at radius 3 is 2.84 bits per heavy atom. The SMILES string of the molecule is CS(=O)(=O)CC(=O)N1Cc2cncn2C(COCC2CCOCC2)C1. The van der Waals surface area contributed by atoms with Crippen LogP contribution in [0.3, 0.4) is 0 Å². The van der Waals surface area contributed by atoms with Gasteiger partial charge in [-0.1, -0.05) is 0 Å². The fraction of sp³-hybridized carbons (Fsp3) is 0.750. The second-order valence-electron chi connectivity index (χ2n) is 6.88. The summed E-state index contributed by atoms with van der Waals surface area (Å²) in [7, 11) is -3.34. The smallest absolute Gasteiger partial charge is 0.238 e. The van der Waals surface area contributed by atoms with Gasteiger partial charge in [0.25, 0.3) is 0 Å². The third-order valence-electron chi connectivity index (χ3n) is 4.67. The summed E-state index contributed by atoms with van der Waals surface area (Å²) in [6, 6.07) is -0.0467. The van der Waals surface area contributed by atoms with Gasteiger partial charge in [0.1, 0.15) is 5.75 Å². The maximum absolute atomic E-state index is 12.3. The fourth-order valence-corrected chi connectivity index (χ4v) is 3.94. The lowest BCUT2D eigenvalue weighted by atomic mass is 10.0. The number of hydrogen-bond acceptors (Lipinski definition) is 6. The Kier molecular flexibility index (Phi) is 5.75. The molecule has 2 aliphatic heterocycles. The molecule has 0 spiro atoms. The maximum atomic E-state index is 12.3. The highest BCUT2D eigenvalue weighted by Crippen LogP contribution is 2.22. The minimum atomic E-state index is -3.34. The summed E-state index contributed by atoms with van der Waals surface area (Å²) < 4.78 is 36.1. The highest BCUT2D eigenvalue weighted by molar-refractivity contribution is 7.91. The predicted molar refractivity (Wildman–Crippen MR) is 90.8 cm³/mol. The van der Waals surface area contributed by atoms with Crippen LogP contribution in [-0.2, 0) is 30.7 Å². The summed E-state index contributed by atoms with van der Waals surface area (Å²) in [4.78, 5) is 18.0. The van der Waals surface area contributed by atoms with Crippen LogP contribution in [0.4, 0.5) is 0 Å². The number of amides is 1. The second kappa shape index (κ2) is 7.84. The number of aromatic nitrogens is 2. The molecule has 3 heterocycles. The maximum Gasteiger partial charge on any atom is 0.238 e. The van der Waals surface area contributed by atoms with Crippen LogP contribution in [-0.4, -0.2) is 73.8 Å². The van der Waals surface area contributed by atoms with Gasteiger partial charge >= 0.3 is 0 Å². The van der Waals surface area contributed by atoms with Gasteiger partial charge in [0.15, 0.2) is 9.84 Å². The summed E-state index contributed by atoms with van der Waals surface area (Å²) in [6.07, 6.45) is 6.56. The van der Waals surface area contributed by atoms with Crippen molar-refractivity contribution in [2.75, 3.05) is 45.0 Å². The van der Waals surface area contributed by atoms with Gasteiger partial charge in [-0.05, 0) is 18.8 Å². The molecule has 1 fully saturated rings. The summed E-state index contributed by atoms with van der Waals surface area (Å²) in [5, 5.41) is 0. The molecule has 25 heavy (non-hydrogen) atoms. The summed E-state index contributed by atoms with van der Waals surface area (Å²) in [6.45, 7) is 3.55. The molecule has 1 saturated heterocycles. The van der Waals surface area contributed by atoms with E-state index in [2.05, 4.69) is 4.98 Å². The van der Waals surface area contributed by atoms with E-state index in [0.29, 0.717) is 32.2 Å². The second-order valence-corrected chi connectivity index (χ2v) is 9.02. The molecule has 2 aliphatic rings. The largest absolute Gasteiger partial charge is 0.381 e. The molecule has 0 aliphatic carbocycles. The van der Waals surface area contributed by atoms with E-state index in [9.17, 15) is 13.2 Å². The molecule has 1 atom stereocenters. The van der Waals surface area contributed by atoms with Gasteiger partial charge in [-0.15, -0.1) is 0 Å². The molecule has 1 aromatic rings. The molecule has 0 N–H and O–H groups in total. The third-order valence-corrected chi connectivity index (χ3v) is 5.44. The van der Waals surface area contributed by atoms with E-state index >= 15 is 0 Å². The lowest BCUT2D eigenvalue weighted by Crippen LogP contribution is -2.44. The summed E-state index contributed by atoms with van der Waals surface area (Å²) in [5.74, 6) is -0.316. The molecule has 140 valence electrons. The number of nitrogens with zero attached hydrogens (tertiary/aromatic N) is 3.